The van der Waals surface area contributed by atoms with Crippen molar-refractivity contribution < 1.29 is 86.1 Å². The minimum Gasteiger partial charge on any atom is -0.456 e. The van der Waals surface area contributed by atoms with Crippen LogP contribution in [0.5, 0.6) is 0 Å². The molecule has 0 aromatic carbocycles. The molecule has 6 saturated heterocycles. The van der Waals surface area contributed by atoms with Gasteiger partial charge in [-0.05, 0) is 78.8 Å². The molecule has 0 radical (unpaired) electrons. The van der Waals surface area contributed by atoms with Gasteiger partial charge in [-0.1, -0.05) is 144 Å². The standard InChI is InChI=1S/C48H74N8O12S4.C24H38N4O6S2/c1-23(2)35-43(61)49-31-21-69-27(9)39(55-41(31)59)45(63)53-37(25(5)6)47(65)67-29(19-33(57)51-35)15-11-13-17-71-72-18-14-12-16-30-20-34(58)52-36(24(3)4)44(62)50-32-22-70-28(10)40(56-42(32)60)46(64)54-38(26(7)8)48(66)68-30;1-12(2)18-22(31)25-16-11-36-14(5)20(28-21(16)30)23(32)27-19(13(3)4)24(33)34-15(8-6-7-9-35)10-17(29)26-18/h11-12,15-16,23-32,35-40H,13-14,17-22H2,1-10H3,(H,49,61)(H,50,62)(H,51,57)(H,52,58)(H,53,63)(H,54,64)(H,55,59)(H,56,60);6,8,12-16,18-20,35H,7,9-11H2,1-5H3,(H,25,31)(H,26,29)(H,27,32)(H,28,30)/b15-11+,16-12+;8-6+/t27?,28?,29-,30-,31+,32+,35+,36+,37-,38-,39?,40?;14?,15-,16+,18+,19-,20?/m00/s1. The monoisotopic (exact) mass is 1620 g/mol. The van der Waals surface area contributed by atoms with Crippen molar-refractivity contribution in [3.8, 4) is 0 Å². The number of cyclic esters (lactones) is 3. The quantitative estimate of drug-likeness (QED) is 0.0234. The lowest BCUT2D eigenvalue weighted by molar-refractivity contribution is -0.154. The van der Waals surface area contributed by atoms with E-state index in [1.54, 1.807) is 162 Å². The molecule has 36 heteroatoms. The number of thioether (sulfide) groups is 3. The third kappa shape index (κ3) is 28.9. The Balaban J connectivity index is 0.000000485. The van der Waals surface area contributed by atoms with Crippen LogP contribution in [0.2, 0.25) is 0 Å². The second kappa shape index (κ2) is 45.0. The first-order valence-corrected chi connectivity index (χ1v) is 43.1. The van der Waals surface area contributed by atoms with Gasteiger partial charge in [-0.2, -0.15) is 47.9 Å². The van der Waals surface area contributed by atoms with E-state index in [2.05, 4.69) is 76.4 Å². The Morgan fingerprint density at radius 1 is 0.343 bits per heavy atom. The molecule has 0 saturated carbocycles. The third-order valence-electron chi connectivity index (χ3n) is 18.2. The van der Waals surface area contributed by atoms with Crippen molar-refractivity contribution in [1.82, 2.24) is 63.8 Å². The van der Waals surface area contributed by atoms with Gasteiger partial charge in [-0.3, -0.25) is 57.5 Å². The minimum atomic E-state index is -1.08. The number of fused-ring (bicyclic) bond motifs is 9. The van der Waals surface area contributed by atoms with E-state index in [0.717, 1.165) is 0 Å². The van der Waals surface area contributed by atoms with Gasteiger partial charge in [0, 0.05) is 44.5 Å². The van der Waals surface area contributed by atoms with Gasteiger partial charge in [0.2, 0.25) is 70.9 Å². The Morgan fingerprint density at radius 2 is 0.593 bits per heavy atom. The summed E-state index contributed by atoms with van der Waals surface area (Å²) in [5.74, 6) is -8.19. The molecule has 12 N–H and O–H groups in total. The summed E-state index contributed by atoms with van der Waals surface area (Å²) in [6, 6.07) is -11.7. The number of thiol groups is 1. The molecule has 6 bridgehead atoms. The first kappa shape index (κ1) is 92.0. The molecule has 30 nitrogen and oxygen atoms in total. The Labute approximate surface area is 659 Å². The summed E-state index contributed by atoms with van der Waals surface area (Å²) in [4.78, 5) is 200. The number of rotatable bonds is 18. The van der Waals surface area contributed by atoms with Crippen LogP contribution in [-0.2, 0) is 86.1 Å². The average Bonchev–Trinajstić information content (AvgIpc) is 1.64. The molecular formula is C72H112N12O18S6. The molecule has 0 aromatic rings. The molecule has 6 unspecified atom stereocenters. The zero-order chi connectivity index (χ0) is 80.4. The van der Waals surface area contributed by atoms with E-state index in [-0.39, 0.29) is 75.9 Å². The van der Waals surface area contributed by atoms with Gasteiger partial charge >= 0.3 is 17.9 Å². The highest BCUT2D eigenvalue weighted by molar-refractivity contribution is 8.76. The Hall–Kier alpha value is -6.63. The van der Waals surface area contributed by atoms with E-state index in [1.165, 1.54) is 35.3 Å². The van der Waals surface area contributed by atoms with E-state index < -0.39 is 191 Å². The SMILES string of the molecule is CC1SC[C@H]2NC(=O)[C@@H](C(C)C)NC(=O)C[C@H](/C=C/CCS)OC(=O)[C@H](C(C)C)NC(=O)C1NC2=O.CC1SC[C@H]2NC(=O)[C@@H](C(C)C)NC(=O)C[C@H](/C=C/CCSSCC/C=C/[C@H]3CC(=O)N[C@H](C(C)C)C(=O)N[C@@H]4CSC(C)C(NC4=O)C(=O)N[C@@H](C(C)C)C(=O)O3)OC(=O)[C@H](C(C)C)NC(=O)C1NC2=O. The van der Waals surface area contributed by atoms with Gasteiger partial charge in [0.25, 0.3) is 0 Å². The fourth-order valence-electron chi connectivity index (χ4n) is 11.7. The number of esters is 3. The highest BCUT2D eigenvalue weighted by Gasteiger charge is 2.44. The molecule has 6 heterocycles. The van der Waals surface area contributed by atoms with Crippen molar-refractivity contribution in [2.24, 2.45) is 35.5 Å². The van der Waals surface area contributed by atoms with Gasteiger partial charge < -0.3 is 78.0 Å². The normalized spacial score (nSPS) is 31.2. The van der Waals surface area contributed by atoms with Crippen LogP contribution >= 0.6 is 69.5 Å². The van der Waals surface area contributed by atoms with E-state index in [9.17, 15) is 71.9 Å². The molecule has 6 fully saturated rings. The fraction of sp³-hybridized carbons (Fsp3) is 0.708. The predicted octanol–water partition coefficient (Wildman–Crippen LogP) is 2.23. The Morgan fingerprint density at radius 3 is 0.833 bits per heavy atom. The summed E-state index contributed by atoms with van der Waals surface area (Å²) in [6.45, 7) is 26.5. The van der Waals surface area contributed by atoms with Gasteiger partial charge in [0.05, 0.1) is 19.3 Å². The summed E-state index contributed by atoms with van der Waals surface area (Å²) >= 11 is 8.18. The Bertz CT molecular complexity index is 3150. The average molecular weight is 1630 g/mol. The number of amides is 12. The van der Waals surface area contributed by atoms with Crippen LogP contribution < -0.4 is 63.8 Å². The van der Waals surface area contributed by atoms with Crippen molar-refractivity contribution in [3.63, 3.8) is 0 Å². The molecule has 108 heavy (non-hydrogen) atoms. The highest BCUT2D eigenvalue weighted by Crippen LogP contribution is 2.27. The lowest BCUT2D eigenvalue weighted by Crippen LogP contribution is -2.59. The van der Waals surface area contributed by atoms with E-state index in [0.29, 0.717) is 36.5 Å². The zero-order valence-electron chi connectivity index (χ0n) is 64.1. The molecule has 18 atom stereocenters. The maximum absolute atomic E-state index is 13.7. The summed E-state index contributed by atoms with van der Waals surface area (Å²) in [5.41, 5.74) is 0. The van der Waals surface area contributed by atoms with E-state index >= 15 is 0 Å². The van der Waals surface area contributed by atoms with Gasteiger partial charge in [0.1, 0.15) is 90.8 Å². The predicted molar refractivity (Wildman–Crippen MR) is 421 cm³/mol. The van der Waals surface area contributed by atoms with Crippen LogP contribution in [-0.4, -0.2) is 230 Å². The minimum absolute atomic E-state index is 0.204. The second-order valence-corrected chi connectivity index (χ2v) is 36.8. The number of carbonyl (C=O) groups is 15. The number of hydrogen-bond donors (Lipinski definition) is 13. The van der Waals surface area contributed by atoms with Crippen LogP contribution in [0.3, 0.4) is 0 Å². The molecule has 12 amide bonds. The van der Waals surface area contributed by atoms with E-state index in [4.69, 9.17) is 14.2 Å². The van der Waals surface area contributed by atoms with Crippen molar-refractivity contribution in [3.05, 3.63) is 36.5 Å². The first-order valence-electron chi connectivity index (χ1n) is 36.8. The molecule has 0 spiro atoms. The van der Waals surface area contributed by atoms with Crippen LogP contribution in [0.4, 0.5) is 0 Å². The Kier molecular flexibility index (Phi) is 38.3. The molecule has 604 valence electrons. The third-order valence-corrected chi connectivity index (χ3v) is 24.9. The lowest BCUT2D eigenvalue weighted by Gasteiger charge is -2.28. The largest absolute Gasteiger partial charge is 0.456 e. The van der Waals surface area contributed by atoms with Crippen molar-refractivity contribution >= 4 is 158 Å². The fourth-order valence-corrected chi connectivity index (χ4v) is 17.1. The smallest absolute Gasteiger partial charge is 0.329 e. The summed E-state index contributed by atoms with van der Waals surface area (Å²) in [6.07, 6.45) is 8.11. The van der Waals surface area contributed by atoms with Crippen LogP contribution in [0.15, 0.2) is 36.5 Å². The molecule has 0 aliphatic carbocycles. The first-order chi connectivity index (χ1) is 50.9. The number of carbonyl (C=O) groups excluding carboxylic acids is 15. The van der Waals surface area contributed by atoms with Gasteiger partial charge in [-0.15, -0.1) is 0 Å². The maximum atomic E-state index is 13.7. The maximum Gasteiger partial charge on any atom is 0.329 e. The molecular weight excluding hydrogens is 1510 g/mol. The second-order valence-electron chi connectivity index (χ2n) is 29.4. The molecule has 6 aliphatic heterocycles. The van der Waals surface area contributed by atoms with Crippen LogP contribution in [0.25, 0.3) is 0 Å². The number of ether oxygens (including phenoxy) is 3. The van der Waals surface area contributed by atoms with Gasteiger partial charge in [-0.25, -0.2) is 14.4 Å². The van der Waals surface area contributed by atoms with Crippen LogP contribution in [0, 0.1) is 35.5 Å². The topological polar surface area (TPSA) is 428 Å². The zero-order valence-corrected chi connectivity index (χ0v) is 69.1. The van der Waals surface area contributed by atoms with Gasteiger partial charge in [0.15, 0.2) is 0 Å². The summed E-state index contributed by atoms with van der Waals surface area (Å²) in [7, 11) is 3.14. The van der Waals surface area contributed by atoms with Crippen LogP contribution in [0.1, 0.15) is 142 Å². The lowest BCUT2D eigenvalue weighted by atomic mass is 10.0. The summed E-state index contributed by atoms with van der Waals surface area (Å²) in [5, 5.41) is 31.7. The highest BCUT2D eigenvalue weighted by atomic mass is 33.1. The molecule has 6 rings (SSSR count). The van der Waals surface area contributed by atoms with Crippen molar-refractivity contribution in [2.75, 3.05) is 34.5 Å². The number of allylic oxidation sites excluding steroid dienone is 3. The van der Waals surface area contributed by atoms with Crippen molar-refractivity contribution in [1.29, 1.82) is 0 Å². The number of hydrogen-bond acceptors (Lipinski definition) is 24. The van der Waals surface area contributed by atoms with Crippen molar-refractivity contribution in [2.45, 2.75) is 249 Å². The molecule has 0 aromatic heterocycles. The number of nitrogens with one attached hydrogen (secondary N) is 12. The summed E-state index contributed by atoms with van der Waals surface area (Å²) < 4.78 is 17.4. The van der Waals surface area contributed by atoms with E-state index in [1.807, 2.05) is 0 Å². The molecule has 6 aliphatic rings.